The van der Waals surface area contributed by atoms with Crippen molar-refractivity contribution in [1.82, 2.24) is 4.90 Å². The fraction of sp³-hybridized carbons (Fsp3) is 0.385. The molecule has 0 aromatic heterocycles. The largest absolute Gasteiger partial charge is 0.393 e. The van der Waals surface area contributed by atoms with Gasteiger partial charge in [-0.25, -0.2) is 4.39 Å². The van der Waals surface area contributed by atoms with Crippen LogP contribution in [0.3, 0.4) is 0 Å². The highest BCUT2D eigenvalue weighted by Crippen LogP contribution is 2.07. The van der Waals surface area contributed by atoms with Gasteiger partial charge in [-0.3, -0.25) is 4.79 Å². The molecule has 1 aromatic rings. The number of carbonyl (C=O) groups is 1. The molecular formula is C13H17FN2OS. The summed E-state index contributed by atoms with van der Waals surface area (Å²) in [5.41, 5.74) is 6.16. The molecule has 0 spiro atoms. The number of hydrogen-bond donors (Lipinski definition) is 1. The molecule has 98 valence electrons. The summed E-state index contributed by atoms with van der Waals surface area (Å²) in [7, 11) is 1.69. The van der Waals surface area contributed by atoms with Crippen molar-refractivity contribution in [3.63, 3.8) is 0 Å². The highest BCUT2D eigenvalue weighted by molar-refractivity contribution is 7.80. The zero-order valence-electron chi connectivity index (χ0n) is 10.5. The Hall–Kier alpha value is -1.49. The van der Waals surface area contributed by atoms with Gasteiger partial charge in [0.1, 0.15) is 5.82 Å². The maximum absolute atomic E-state index is 13.0. The van der Waals surface area contributed by atoms with E-state index >= 15 is 0 Å². The number of carbonyl (C=O) groups excluding carboxylic acids is 1. The first-order valence-electron chi connectivity index (χ1n) is 5.68. The van der Waals surface area contributed by atoms with E-state index in [1.54, 1.807) is 24.1 Å². The highest BCUT2D eigenvalue weighted by Gasteiger charge is 2.14. The Bertz CT molecular complexity index is 450. The third kappa shape index (κ3) is 4.41. The second kappa shape index (κ2) is 6.44. The first kappa shape index (κ1) is 14.6. The third-order valence-corrected chi connectivity index (χ3v) is 3.11. The van der Waals surface area contributed by atoms with Gasteiger partial charge in [0.25, 0.3) is 0 Å². The zero-order chi connectivity index (χ0) is 13.7. The molecule has 0 aliphatic rings. The first-order valence-corrected chi connectivity index (χ1v) is 6.08. The van der Waals surface area contributed by atoms with Crippen LogP contribution in [0.15, 0.2) is 24.3 Å². The normalized spacial score (nSPS) is 11.9. The van der Waals surface area contributed by atoms with Crippen molar-refractivity contribution in [2.75, 3.05) is 13.6 Å². The van der Waals surface area contributed by atoms with Crippen molar-refractivity contribution in [3.05, 3.63) is 35.6 Å². The molecule has 5 heteroatoms. The minimum absolute atomic E-state index is 0.0264. The van der Waals surface area contributed by atoms with Gasteiger partial charge in [0.15, 0.2) is 0 Å². The van der Waals surface area contributed by atoms with E-state index in [0.29, 0.717) is 17.1 Å². The molecule has 1 aromatic carbocycles. The molecule has 0 bridgehead atoms. The second-order valence-corrected chi connectivity index (χ2v) is 4.86. The monoisotopic (exact) mass is 268 g/mol. The zero-order valence-corrected chi connectivity index (χ0v) is 11.3. The fourth-order valence-corrected chi connectivity index (χ4v) is 1.63. The molecule has 1 amide bonds. The van der Waals surface area contributed by atoms with E-state index in [0.717, 1.165) is 0 Å². The quantitative estimate of drug-likeness (QED) is 0.828. The molecule has 3 nitrogen and oxygen atoms in total. The molecule has 0 heterocycles. The van der Waals surface area contributed by atoms with Gasteiger partial charge >= 0.3 is 0 Å². The maximum Gasteiger partial charge on any atom is 0.226 e. The van der Waals surface area contributed by atoms with Gasteiger partial charge in [0.2, 0.25) is 5.91 Å². The smallest absolute Gasteiger partial charge is 0.226 e. The molecule has 18 heavy (non-hydrogen) atoms. The van der Waals surface area contributed by atoms with E-state index in [2.05, 4.69) is 0 Å². The average Bonchev–Trinajstić information content (AvgIpc) is 2.28. The van der Waals surface area contributed by atoms with Crippen LogP contribution in [0.25, 0.3) is 0 Å². The van der Waals surface area contributed by atoms with Gasteiger partial charge in [-0.05, 0) is 17.7 Å². The number of hydrogen-bond acceptors (Lipinski definition) is 2. The summed E-state index contributed by atoms with van der Waals surface area (Å²) in [6, 6.07) is 6.04. The molecule has 0 aliphatic carbocycles. The van der Waals surface area contributed by atoms with E-state index in [4.69, 9.17) is 18.0 Å². The molecule has 1 unspecified atom stereocenters. The lowest BCUT2D eigenvalue weighted by Crippen LogP contribution is -2.36. The number of nitrogens with two attached hydrogens (primary N) is 1. The Balaban J connectivity index is 2.57. The fourth-order valence-electron chi connectivity index (χ4n) is 1.56. The Kier molecular flexibility index (Phi) is 5.22. The molecule has 0 fully saturated rings. The lowest BCUT2D eigenvalue weighted by atomic mass is 10.1. The number of amides is 1. The number of thiocarbonyl (C=S) groups is 1. The van der Waals surface area contributed by atoms with E-state index in [9.17, 15) is 9.18 Å². The number of rotatable bonds is 5. The summed E-state index contributed by atoms with van der Waals surface area (Å²) < 4.78 is 13.0. The minimum atomic E-state index is -0.334. The van der Waals surface area contributed by atoms with Crippen LogP contribution in [0, 0.1) is 11.7 Å². The Morgan fingerprint density at radius 2 is 2.22 bits per heavy atom. The SMILES string of the molecule is CC(CN(C)C(=O)Cc1cccc(F)c1)C(N)=S. The first-order chi connectivity index (χ1) is 8.40. The van der Waals surface area contributed by atoms with E-state index < -0.39 is 0 Å². The lowest BCUT2D eigenvalue weighted by Gasteiger charge is -2.21. The van der Waals surface area contributed by atoms with Crippen LogP contribution < -0.4 is 5.73 Å². The Labute approximate surface area is 112 Å². The second-order valence-electron chi connectivity index (χ2n) is 4.38. The van der Waals surface area contributed by atoms with Gasteiger partial charge in [-0.1, -0.05) is 31.3 Å². The van der Waals surface area contributed by atoms with Crippen molar-refractivity contribution in [3.8, 4) is 0 Å². The molecule has 0 saturated carbocycles. The number of likely N-dealkylation sites (N-methyl/N-ethyl adjacent to an activating group) is 1. The number of nitrogens with zero attached hydrogens (tertiary/aromatic N) is 1. The summed E-state index contributed by atoms with van der Waals surface area (Å²) in [5.74, 6) is -0.440. The Morgan fingerprint density at radius 1 is 1.56 bits per heavy atom. The molecule has 0 radical (unpaired) electrons. The van der Waals surface area contributed by atoms with Crippen LogP contribution in [-0.2, 0) is 11.2 Å². The molecule has 1 rings (SSSR count). The summed E-state index contributed by atoms with van der Waals surface area (Å²) in [6.07, 6.45) is 0.179. The van der Waals surface area contributed by atoms with Crippen LogP contribution >= 0.6 is 12.2 Å². The van der Waals surface area contributed by atoms with Crippen LogP contribution in [0.5, 0.6) is 0 Å². The molecule has 0 aliphatic heterocycles. The van der Waals surface area contributed by atoms with Crippen molar-refractivity contribution < 1.29 is 9.18 Å². The van der Waals surface area contributed by atoms with Gasteiger partial charge in [0, 0.05) is 19.5 Å². The van der Waals surface area contributed by atoms with Crippen molar-refractivity contribution in [2.24, 2.45) is 11.7 Å². The lowest BCUT2D eigenvalue weighted by molar-refractivity contribution is -0.129. The van der Waals surface area contributed by atoms with Crippen molar-refractivity contribution in [2.45, 2.75) is 13.3 Å². The predicted molar refractivity (Wildman–Crippen MR) is 73.7 cm³/mol. The summed E-state index contributed by atoms with van der Waals surface area (Å²) in [6.45, 7) is 2.35. The van der Waals surface area contributed by atoms with E-state index in [-0.39, 0.29) is 24.1 Å². The summed E-state index contributed by atoms with van der Waals surface area (Å²) in [5, 5.41) is 0. The van der Waals surface area contributed by atoms with Gasteiger partial charge in [-0.2, -0.15) is 0 Å². The average molecular weight is 268 g/mol. The van der Waals surface area contributed by atoms with E-state index in [1.165, 1.54) is 12.1 Å². The molecular weight excluding hydrogens is 251 g/mol. The van der Waals surface area contributed by atoms with Crippen LogP contribution in [0.2, 0.25) is 0 Å². The third-order valence-electron chi connectivity index (χ3n) is 2.70. The topological polar surface area (TPSA) is 46.3 Å². The molecule has 2 N–H and O–H groups in total. The van der Waals surface area contributed by atoms with Crippen LogP contribution in [-0.4, -0.2) is 29.4 Å². The Morgan fingerprint density at radius 3 is 2.78 bits per heavy atom. The number of benzene rings is 1. The van der Waals surface area contributed by atoms with E-state index in [1.807, 2.05) is 6.92 Å². The van der Waals surface area contributed by atoms with Gasteiger partial charge in [-0.15, -0.1) is 0 Å². The number of halogens is 1. The van der Waals surface area contributed by atoms with Crippen molar-refractivity contribution in [1.29, 1.82) is 0 Å². The summed E-state index contributed by atoms with van der Waals surface area (Å²) >= 11 is 4.86. The molecule has 1 atom stereocenters. The minimum Gasteiger partial charge on any atom is -0.393 e. The summed E-state index contributed by atoms with van der Waals surface area (Å²) in [4.78, 5) is 13.9. The maximum atomic E-state index is 13.0. The standard InChI is InChI=1S/C13H17FN2OS/c1-9(13(15)18)8-16(2)12(17)7-10-4-3-5-11(14)6-10/h3-6,9H,7-8H2,1-2H3,(H2,15,18). The highest BCUT2D eigenvalue weighted by atomic mass is 32.1. The van der Waals surface area contributed by atoms with Crippen LogP contribution in [0.4, 0.5) is 4.39 Å². The van der Waals surface area contributed by atoms with Gasteiger partial charge in [0.05, 0.1) is 11.4 Å². The van der Waals surface area contributed by atoms with Gasteiger partial charge < -0.3 is 10.6 Å². The van der Waals surface area contributed by atoms with Crippen molar-refractivity contribution >= 4 is 23.1 Å². The molecule has 0 saturated heterocycles. The predicted octanol–water partition coefficient (Wildman–Crippen LogP) is 1.75. The van der Waals surface area contributed by atoms with Crippen LogP contribution in [0.1, 0.15) is 12.5 Å².